The smallest absolute Gasteiger partial charge is 0.0921 e. The lowest BCUT2D eigenvalue weighted by Crippen LogP contribution is -2.34. The lowest BCUT2D eigenvalue weighted by molar-refractivity contribution is 0.00831. The maximum atomic E-state index is 5.80. The molecule has 2 aromatic heterocycles. The molecule has 3 rings (SSSR count). The number of nitrogens with one attached hydrogen (secondary N) is 2. The number of rotatable bonds is 6. The second-order valence-electron chi connectivity index (χ2n) is 7.79. The molecule has 10 heteroatoms. The van der Waals surface area contributed by atoms with Gasteiger partial charge >= 0.3 is 0 Å². The number of nitrogens with zero attached hydrogens (tertiary/aromatic N) is 4. The van der Waals surface area contributed by atoms with Gasteiger partial charge in [-0.25, -0.2) is 9.97 Å². The van der Waals surface area contributed by atoms with Crippen molar-refractivity contribution >= 4 is 0 Å². The van der Waals surface area contributed by atoms with Gasteiger partial charge in [-0.3, -0.25) is 9.80 Å². The highest BCUT2D eigenvalue weighted by atomic mass is 16.5. The van der Waals surface area contributed by atoms with Crippen LogP contribution in [0.5, 0.6) is 0 Å². The maximum absolute atomic E-state index is 5.80. The number of imidazole rings is 2. The first-order valence-electron chi connectivity index (χ1n) is 11.6. The Bertz CT molecular complexity index is 592. The van der Waals surface area contributed by atoms with Crippen molar-refractivity contribution in [3.8, 4) is 0 Å². The molecule has 180 valence electrons. The standard InChI is InChI=1S/C22H38N6O4/c1(21-17-23-19-25-21)3-27-5-9-29-13-15-31-11-7-28(4-2-22-18-24-20-26-22)8-12-32-16-14-30-10-6-27/h17-20H,1-16H2,(H,23,25)(H,24,26). The first-order chi connectivity index (χ1) is 15.9. The number of aromatic nitrogens is 4. The zero-order valence-corrected chi connectivity index (χ0v) is 19.0. The van der Waals surface area contributed by atoms with Gasteiger partial charge in [0.2, 0.25) is 0 Å². The van der Waals surface area contributed by atoms with Gasteiger partial charge in [-0.2, -0.15) is 0 Å². The largest absolute Gasteiger partial charge is 0.378 e. The highest BCUT2D eigenvalue weighted by molar-refractivity contribution is 4.95. The van der Waals surface area contributed by atoms with Crippen LogP contribution in [0.4, 0.5) is 0 Å². The summed E-state index contributed by atoms with van der Waals surface area (Å²) >= 11 is 0. The van der Waals surface area contributed by atoms with Gasteiger partial charge in [0.1, 0.15) is 0 Å². The summed E-state index contributed by atoms with van der Waals surface area (Å²) < 4.78 is 23.2. The van der Waals surface area contributed by atoms with Crippen molar-refractivity contribution in [3.63, 3.8) is 0 Å². The summed E-state index contributed by atoms with van der Waals surface area (Å²) in [6.45, 7) is 10.6. The molecule has 2 aromatic rings. The van der Waals surface area contributed by atoms with Crippen molar-refractivity contribution in [2.75, 3.05) is 92.1 Å². The molecule has 0 radical (unpaired) electrons. The summed E-state index contributed by atoms with van der Waals surface area (Å²) in [6, 6.07) is 0. The third-order valence-corrected chi connectivity index (χ3v) is 5.46. The Kier molecular flexibility index (Phi) is 12.3. The third kappa shape index (κ3) is 10.7. The summed E-state index contributed by atoms with van der Waals surface area (Å²) in [4.78, 5) is 19.2. The van der Waals surface area contributed by atoms with Crippen molar-refractivity contribution in [1.82, 2.24) is 29.7 Å². The van der Waals surface area contributed by atoms with Gasteiger partial charge in [0.25, 0.3) is 0 Å². The van der Waals surface area contributed by atoms with Crippen molar-refractivity contribution in [1.29, 1.82) is 0 Å². The average molecular weight is 451 g/mol. The molecule has 0 amide bonds. The van der Waals surface area contributed by atoms with Gasteiger partial charge in [0.15, 0.2) is 0 Å². The van der Waals surface area contributed by atoms with Crippen LogP contribution in [0.15, 0.2) is 25.0 Å². The molecule has 2 N–H and O–H groups in total. The third-order valence-electron chi connectivity index (χ3n) is 5.46. The summed E-state index contributed by atoms with van der Waals surface area (Å²) in [5, 5.41) is 0. The summed E-state index contributed by atoms with van der Waals surface area (Å²) in [5.74, 6) is 0. The van der Waals surface area contributed by atoms with Gasteiger partial charge in [0.05, 0.1) is 65.5 Å². The SMILES string of the molecule is c1ncc(CCN2CCOCCOCCN(CCc3cnc[nH]3)CCOCCOCC2)[nH]1. The van der Waals surface area contributed by atoms with Gasteiger partial charge < -0.3 is 28.9 Å². The first-order valence-corrected chi connectivity index (χ1v) is 11.6. The number of hydrogen-bond donors (Lipinski definition) is 2. The molecule has 0 spiro atoms. The Morgan fingerprint density at radius 1 is 0.594 bits per heavy atom. The van der Waals surface area contributed by atoms with Crippen molar-refractivity contribution in [2.45, 2.75) is 12.8 Å². The second kappa shape index (κ2) is 15.9. The molecule has 0 saturated carbocycles. The molecule has 1 aliphatic heterocycles. The van der Waals surface area contributed by atoms with Gasteiger partial charge in [0, 0.05) is 75.9 Å². The highest BCUT2D eigenvalue weighted by Crippen LogP contribution is 2.00. The van der Waals surface area contributed by atoms with Gasteiger partial charge in [-0.1, -0.05) is 0 Å². The zero-order valence-electron chi connectivity index (χ0n) is 19.0. The molecule has 0 atom stereocenters. The normalized spacial score (nSPS) is 20.0. The van der Waals surface area contributed by atoms with E-state index in [9.17, 15) is 0 Å². The molecule has 3 heterocycles. The Morgan fingerprint density at radius 3 is 1.28 bits per heavy atom. The summed E-state index contributed by atoms with van der Waals surface area (Å²) in [6.07, 6.45) is 9.07. The van der Waals surface area contributed by atoms with Gasteiger partial charge in [-0.05, 0) is 0 Å². The number of aromatic amines is 2. The first kappa shape index (κ1) is 24.8. The van der Waals surface area contributed by atoms with E-state index in [2.05, 4.69) is 29.7 Å². The van der Waals surface area contributed by atoms with Crippen LogP contribution in [-0.2, 0) is 31.8 Å². The van der Waals surface area contributed by atoms with E-state index in [-0.39, 0.29) is 0 Å². The summed E-state index contributed by atoms with van der Waals surface area (Å²) in [7, 11) is 0. The van der Waals surface area contributed by atoms with Gasteiger partial charge in [-0.15, -0.1) is 0 Å². The minimum absolute atomic E-state index is 0.613. The van der Waals surface area contributed by atoms with E-state index in [4.69, 9.17) is 18.9 Å². The fourth-order valence-electron chi connectivity index (χ4n) is 3.49. The Labute approximate surface area is 190 Å². The predicted octanol–water partition coefficient (Wildman–Crippen LogP) is 0.602. The van der Waals surface area contributed by atoms with Crippen LogP contribution >= 0.6 is 0 Å². The van der Waals surface area contributed by atoms with Crippen molar-refractivity contribution in [2.24, 2.45) is 0 Å². The van der Waals surface area contributed by atoms with E-state index in [1.807, 2.05) is 12.4 Å². The van der Waals surface area contributed by atoms with Crippen LogP contribution in [0.1, 0.15) is 11.4 Å². The van der Waals surface area contributed by atoms with E-state index in [0.29, 0.717) is 52.9 Å². The monoisotopic (exact) mass is 450 g/mol. The number of hydrogen-bond acceptors (Lipinski definition) is 8. The van der Waals surface area contributed by atoms with Crippen LogP contribution in [0.2, 0.25) is 0 Å². The van der Waals surface area contributed by atoms with Crippen molar-refractivity contribution in [3.05, 3.63) is 36.4 Å². The summed E-state index contributed by atoms with van der Waals surface area (Å²) in [5.41, 5.74) is 2.29. The van der Waals surface area contributed by atoms with E-state index in [1.165, 1.54) is 0 Å². The average Bonchev–Trinajstić information content (AvgIpc) is 3.51. The molecule has 32 heavy (non-hydrogen) atoms. The Morgan fingerprint density at radius 2 is 0.969 bits per heavy atom. The van der Waals surface area contributed by atoms with E-state index in [1.54, 1.807) is 12.7 Å². The van der Waals surface area contributed by atoms with Crippen LogP contribution in [0, 0.1) is 0 Å². The lowest BCUT2D eigenvalue weighted by atomic mass is 10.3. The predicted molar refractivity (Wildman–Crippen MR) is 121 cm³/mol. The van der Waals surface area contributed by atoms with Crippen LogP contribution in [-0.4, -0.2) is 122 Å². The molecule has 0 aliphatic carbocycles. The van der Waals surface area contributed by atoms with E-state index < -0.39 is 0 Å². The molecular weight excluding hydrogens is 412 g/mol. The van der Waals surface area contributed by atoms with Crippen LogP contribution in [0.25, 0.3) is 0 Å². The highest BCUT2D eigenvalue weighted by Gasteiger charge is 2.09. The molecule has 1 fully saturated rings. The molecular formula is C22H38N6O4. The minimum atomic E-state index is 0.613. The Hall–Kier alpha value is -1.82. The number of ether oxygens (including phenoxy) is 4. The lowest BCUT2D eigenvalue weighted by Gasteiger charge is -2.23. The quantitative estimate of drug-likeness (QED) is 0.660. The molecule has 0 unspecified atom stereocenters. The minimum Gasteiger partial charge on any atom is -0.378 e. The van der Waals surface area contributed by atoms with Crippen molar-refractivity contribution < 1.29 is 18.9 Å². The molecule has 1 saturated heterocycles. The molecule has 0 bridgehead atoms. The second-order valence-corrected chi connectivity index (χ2v) is 7.79. The molecule has 0 aromatic carbocycles. The van der Waals surface area contributed by atoms with Crippen LogP contribution < -0.4 is 0 Å². The molecule has 1 aliphatic rings. The van der Waals surface area contributed by atoms with E-state index >= 15 is 0 Å². The molecule has 10 nitrogen and oxygen atoms in total. The number of H-pyrrole nitrogens is 2. The Balaban J connectivity index is 1.37. The topological polar surface area (TPSA) is 101 Å². The van der Waals surface area contributed by atoms with E-state index in [0.717, 1.165) is 63.5 Å². The van der Waals surface area contributed by atoms with Crippen LogP contribution in [0.3, 0.4) is 0 Å². The fraction of sp³-hybridized carbons (Fsp3) is 0.727. The fourth-order valence-corrected chi connectivity index (χ4v) is 3.49. The zero-order chi connectivity index (χ0) is 22.1. The maximum Gasteiger partial charge on any atom is 0.0921 e.